The van der Waals surface area contributed by atoms with Gasteiger partial charge in [-0.25, -0.2) is 0 Å². The molecule has 3 aliphatic heterocycles. The Morgan fingerprint density at radius 3 is 0.931 bits per heavy atom. The van der Waals surface area contributed by atoms with E-state index in [4.69, 9.17) is 0 Å². The lowest BCUT2D eigenvalue weighted by Crippen LogP contribution is -2.62. The minimum atomic E-state index is -1.41. The fourth-order valence-electron chi connectivity index (χ4n) is 13.0. The molecule has 0 spiro atoms. The second kappa shape index (κ2) is 22.2. The fraction of sp³-hybridized carbons (Fsp3) is 1.00. The average Bonchev–Trinajstić information content (AvgIpc) is 3.05. The first-order chi connectivity index (χ1) is 26.7. The summed E-state index contributed by atoms with van der Waals surface area (Å²) in [4.78, 5) is 8.93. The smallest absolute Gasteiger partial charge is 0.0408 e. The lowest BCUT2D eigenvalue weighted by atomic mass is 9.79. The highest BCUT2D eigenvalue weighted by Crippen LogP contribution is 2.36. The lowest BCUT2D eigenvalue weighted by molar-refractivity contribution is 0.0645. The van der Waals surface area contributed by atoms with Crippen LogP contribution < -0.4 is 16.0 Å². The average molecular weight is 848 g/mol. The molecule has 3 fully saturated rings. The van der Waals surface area contributed by atoms with Crippen molar-refractivity contribution in [1.29, 1.82) is 0 Å². The van der Waals surface area contributed by atoms with E-state index < -0.39 is 15.9 Å². The summed E-state index contributed by atoms with van der Waals surface area (Å²) in [6.07, 6.45) is 19.8. The SMILES string of the molecule is CCCCN(CCC[SiH](C)[Si](C)(CCCN(CCCC)C1CC(C)(C)NC(C)(C)C1)CCCN(CCCC)C1CC(C)(C)NC(C)(C)C1)C1CC(C)(C)NC(C)(C)C1. The van der Waals surface area contributed by atoms with Gasteiger partial charge in [0, 0.05) is 67.3 Å². The maximum atomic E-state index is 3.98. The largest absolute Gasteiger partial charge is 0.307 e. The number of piperidine rings is 3. The van der Waals surface area contributed by atoms with Gasteiger partial charge in [-0.2, -0.15) is 0 Å². The highest BCUT2D eigenvalue weighted by molar-refractivity contribution is 7.32. The Bertz CT molecular complexity index is 1080. The Kier molecular flexibility index (Phi) is 20.1. The standard InChI is InChI=1S/C50H106N6Si2/c1-18-21-27-54(42-36-45(4,5)51-46(6,7)37-42)30-24-33-57(16)58(17,34-25-31-55(28-22-19-2)43-38-47(8,9)52-48(10,11)39-43)35-26-32-56(29-23-20-3)44-40-49(12,13)53-50(14,15)41-44/h42-44,51-53,57H,18-41H2,1-17H3. The van der Waals surface area contributed by atoms with Gasteiger partial charge < -0.3 is 30.7 Å². The van der Waals surface area contributed by atoms with Crippen molar-refractivity contribution in [2.75, 3.05) is 39.3 Å². The molecule has 3 aliphatic rings. The predicted molar refractivity (Wildman–Crippen MR) is 265 cm³/mol. The van der Waals surface area contributed by atoms with Crippen molar-refractivity contribution in [1.82, 2.24) is 30.7 Å². The van der Waals surface area contributed by atoms with Crippen molar-refractivity contribution in [2.24, 2.45) is 0 Å². The van der Waals surface area contributed by atoms with Crippen molar-refractivity contribution in [2.45, 2.75) is 283 Å². The molecule has 0 radical (unpaired) electrons. The molecule has 0 amide bonds. The molecule has 0 bridgehead atoms. The van der Waals surface area contributed by atoms with E-state index in [1.54, 1.807) is 18.1 Å². The van der Waals surface area contributed by atoms with Crippen LogP contribution in [0.2, 0.25) is 31.2 Å². The minimum absolute atomic E-state index is 0.203. The number of unbranched alkanes of at least 4 members (excludes halogenated alkanes) is 3. The summed E-state index contributed by atoms with van der Waals surface area (Å²) in [5.41, 5.74) is 1.23. The first kappa shape index (κ1) is 52.5. The van der Waals surface area contributed by atoms with E-state index in [2.05, 4.69) is 148 Å². The third kappa shape index (κ3) is 17.8. The van der Waals surface area contributed by atoms with Crippen molar-refractivity contribution in [3.63, 3.8) is 0 Å². The molecule has 3 saturated heterocycles. The molecular weight excluding hydrogens is 741 g/mol. The molecule has 3 N–H and O–H groups in total. The van der Waals surface area contributed by atoms with Gasteiger partial charge in [-0.3, -0.25) is 0 Å². The van der Waals surface area contributed by atoms with Gasteiger partial charge in [-0.15, -0.1) is 0 Å². The van der Waals surface area contributed by atoms with Gasteiger partial charge in [0.05, 0.1) is 0 Å². The van der Waals surface area contributed by atoms with Crippen LogP contribution in [0, 0.1) is 0 Å². The van der Waals surface area contributed by atoms with E-state index >= 15 is 0 Å². The molecule has 0 aliphatic carbocycles. The second-order valence-corrected chi connectivity index (χ2v) is 38.8. The van der Waals surface area contributed by atoms with Gasteiger partial charge in [0.2, 0.25) is 0 Å². The van der Waals surface area contributed by atoms with Crippen molar-refractivity contribution >= 4 is 15.9 Å². The number of hydrogen-bond donors (Lipinski definition) is 3. The highest BCUT2D eigenvalue weighted by Gasteiger charge is 2.43. The number of nitrogens with zero attached hydrogens (tertiary/aromatic N) is 3. The summed E-state index contributed by atoms with van der Waals surface area (Å²) in [7, 11) is -2.31. The van der Waals surface area contributed by atoms with Crippen LogP contribution >= 0.6 is 0 Å². The van der Waals surface area contributed by atoms with Crippen LogP contribution in [0.25, 0.3) is 0 Å². The third-order valence-corrected chi connectivity index (χ3v) is 31.5. The molecule has 344 valence electrons. The van der Waals surface area contributed by atoms with Crippen LogP contribution in [0.3, 0.4) is 0 Å². The van der Waals surface area contributed by atoms with Gasteiger partial charge in [0.1, 0.15) is 0 Å². The maximum absolute atomic E-state index is 3.98. The van der Waals surface area contributed by atoms with E-state index in [9.17, 15) is 0 Å². The van der Waals surface area contributed by atoms with E-state index in [0.717, 1.165) is 0 Å². The Labute approximate surface area is 367 Å². The van der Waals surface area contributed by atoms with Gasteiger partial charge in [-0.1, -0.05) is 71.3 Å². The topological polar surface area (TPSA) is 45.8 Å². The monoisotopic (exact) mass is 847 g/mol. The Morgan fingerprint density at radius 1 is 0.431 bits per heavy atom. The molecule has 8 heteroatoms. The molecule has 3 heterocycles. The summed E-state index contributed by atoms with van der Waals surface area (Å²) in [5.74, 6) is 0. The quantitative estimate of drug-likeness (QED) is 0.0796. The van der Waals surface area contributed by atoms with Crippen molar-refractivity contribution in [3.05, 3.63) is 0 Å². The molecule has 58 heavy (non-hydrogen) atoms. The van der Waals surface area contributed by atoms with Crippen molar-refractivity contribution < 1.29 is 0 Å². The number of hydrogen-bond acceptors (Lipinski definition) is 6. The first-order valence-electron chi connectivity index (χ1n) is 25.3. The third-order valence-electron chi connectivity index (χ3n) is 15.1. The molecule has 0 aromatic carbocycles. The molecule has 6 nitrogen and oxygen atoms in total. The highest BCUT2D eigenvalue weighted by atomic mass is 29.2. The zero-order valence-corrected chi connectivity index (χ0v) is 44.8. The van der Waals surface area contributed by atoms with Crippen molar-refractivity contribution in [3.8, 4) is 0 Å². The van der Waals surface area contributed by atoms with E-state index in [-0.39, 0.29) is 33.2 Å². The zero-order chi connectivity index (χ0) is 43.6. The van der Waals surface area contributed by atoms with Crippen LogP contribution in [-0.2, 0) is 0 Å². The summed E-state index contributed by atoms with van der Waals surface area (Å²) in [6, 6.07) is 6.76. The first-order valence-corrected chi connectivity index (χ1v) is 32.0. The Hall–Kier alpha value is 0.194. The molecule has 0 saturated carbocycles. The molecule has 0 aromatic heterocycles. The summed E-state index contributed by atoms with van der Waals surface area (Å²) in [5, 5.41) is 11.9. The lowest BCUT2D eigenvalue weighted by Gasteiger charge is -2.50. The summed E-state index contributed by atoms with van der Waals surface area (Å²) >= 11 is 0. The Balaban J connectivity index is 1.79. The van der Waals surface area contributed by atoms with E-state index in [1.165, 1.54) is 136 Å². The fourth-order valence-corrected chi connectivity index (χ4v) is 24.6. The molecular formula is C50H106N6Si2. The zero-order valence-electron chi connectivity index (χ0n) is 42.6. The van der Waals surface area contributed by atoms with E-state index in [0.29, 0.717) is 18.1 Å². The Morgan fingerprint density at radius 2 is 0.672 bits per heavy atom. The van der Waals surface area contributed by atoms with Gasteiger partial charge in [0.25, 0.3) is 0 Å². The van der Waals surface area contributed by atoms with Crippen LogP contribution in [0.1, 0.15) is 200 Å². The van der Waals surface area contributed by atoms with E-state index in [1.807, 2.05) is 0 Å². The number of nitrogens with one attached hydrogen (secondary N) is 3. The molecule has 1 atom stereocenters. The van der Waals surface area contributed by atoms with Crippen LogP contribution in [0.4, 0.5) is 0 Å². The maximum Gasteiger partial charge on any atom is 0.0408 e. The molecule has 1 unspecified atom stereocenters. The van der Waals surface area contributed by atoms with Gasteiger partial charge in [-0.05, 0) is 199 Å². The van der Waals surface area contributed by atoms with Crippen LogP contribution in [-0.4, -0.2) is 121 Å². The van der Waals surface area contributed by atoms with Crippen LogP contribution in [0.5, 0.6) is 0 Å². The van der Waals surface area contributed by atoms with Gasteiger partial charge in [0.15, 0.2) is 0 Å². The van der Waals surface area contributed by atoms with Gasteiger partial charge >= 0.3 is 0 Å². The normalized spacial score (nSPS) is 24.2. The second-order valence-electron chi connectivity index (χ2n) is 24.9. The van der Waals surface area contributed by atoms with Crippen LogP contribution in [0.15, 0.2) is 0 Å². The molecule has 0 aromatic rings. The number of rotatable bonds is 25. The molecule has 3 rings (SSSR count). The summed E-state index contributed by atoms with van der Waals surface area (Å²) < 4.78 is 0. The predicted octanol–water partition coefficient (Wildman–Crippen LogP) is 11.4. The minimum Gasteiger partial charge on any atom is -0.307 e. The summed E-state index contributed by atoms with van der Waals surface area (Å²) in [6.45, 7) is 50.1.